The smallest absolute Gasteiger partial charge is 0.176 e. The van der Waals surface area contributed by atoms with Crippen LogP contribution in [0.25, 0.3) is 0 Å². The van der Waals surface area contributed by atoms with Gasteiger partial charge in [0, 0.05) is 5.56 Å². The molecule has 1 aromatic rings. The number of ketones is 1. The lowest BCUT2D eigenvalue weighted by atomic mass is 9.74. The predicted molar refractivity (Wildman–Crippen MR) is 89.5 cm³/mol. The minimum absolute atomic E-state index is 0.120. The van der Waals surface area contributed by atoms with Crippen LogP contribution in [-0.4, -0.2) is 30.3 Å². The molecule has 1 aromatic carbocycles. The molecule has 21 heavy (non-hydrogen) atoms. The van der Waals surface area contributed by atoms with E-state index in [-0.39, 0.29) is 5.78 Å². The fraction of sp³-hybridized carbons (Fsp3) is 0.588. The van der Waals surface area contributed by atoms with Gasteiger partial charge in [-0.05, 0) is 49.5 Å². The summed E-state index contributed by atoms with van der Waals surface area (Å²) in [6, 6.07) is 5.11. The van der Waals surface area contributed by atoms with Crippen LogP contribution in [0, 0.1) is 5.41 Å². The van der Waals surface area contributed by atoms with Gasteiger partial charge in [0.15, 0.2) is 5.78 Å². The zero-order chi connectivity index (χ0) is 15.5. The van der Waals surface area contributed by atoms with E-state index in [9.17, 15) is 4.79 Å². The van der Waals surface area contributed by atoms with E-state index in [4.69, 9.17) is 23.2 Å². The summed E-state index contributed by atoms with van der Waals surface area (Å²) < 4.78 is 0. The molecule has 0 amide bonds. The summed E-state index contributed by atoms with van der Waals surface area (Å²) in [7, 11) is 0. The molecule has 4 heteroatoms. The highest BCUT2D eigenvalue weighted by atomic mass is 35.5. The highest BCUT2D eigenvalue weighted by Gasteiger charge is 2.31. The fourth-order valence-corrected chi connectivity index (χ4v) is 3.40. The van der Waals surface area contributed by atoms with Gasteiger partial charge in [-0.15, -0.1) is 0 Å². The van der Waals surface area contributed by atoms with E-state index in [1.165, 1.54) is 25.7 Å². The standard InChI is InChI=1S/C17H23Cl2NO/c1-3-17(4-2)7-9-20(10-8-17)12-16(21)13-5-6-14(18)15(19)11-13/h5-6,11H,3-4,7-10,12H2,1-2H3. The van der Waals surface area contributed by atoms with Crippen LogP contribution in [0.4, 0.5) is 0 Å². The minimum atomic E-state index is 0.120. The Labute approximate surface area is 137 Å². The Morgan fingerprint density at radius 1 is 1.14 bits per heavy atom. The molecule has 0 saturated carbocycles. The Bertz CT molecular complexity index is 502. The van der Waals surface area contributed by atoms with Crippen LogP contribution in [-0.2, 0) is 0 Å². The maximum Gasteiger partial charge on any atom is 0.176 e. The van der Waals surface area contributed by atoms with Gasteiger partial charge in [0.2, 0.25) is 0 Å². The molecule has 1 aliphatic heterocycles. The summed E-state index contributed by atoms with van der Waals surface area (Å²) in [5, 5.41) is 0.930. The molecular formula is C17H23Cl2NO. The third kappa shape index (κ3) is 4.00. The molecule has 0 aliphatic carbocycles. The quantitative estimate of drug-likeness (QED) is 0.703. The summed E-state index contributed by atoms with van der Waals surface area (Å²) in [4.78, 5) is 14.6. The first-order valence-corrected chi connectivity index (χ1v) is 8.46. The number of benzene rings is 1. The van der Waals surface area contributed by atoms with Crippen molar-refractivity contribution in [3.63, 3.8) is 0 Å². The van der Waals surface area contributed by atoms with Crippen molar-refractivity contribution >= 4 is 29.0 Å². The van der Waals surface area contributed by atoms with Crippen molar-refractivity contribution in [2.24, 2.45) is 5.41 Å². The number of piperidine rings is 1. The number of hydrogen-bond acceptors (Lipinski definition) is 2. The van der Waals surface area contributed by atoms with Gasteiger partial charge in [0.05, 0.1) is 16.6 Å². The van der Waals surface area contributed by atoms with E-state index in [1.807, 2.05) is 0 Å². The molecule has 0 bridgehead atoms. The van der Waals surface area contributed by atoms with Crippen molar-refractivity contribution in [3.8, 4) is 0 Å². The number of hydrogen-bond donors (Lipinski definition) is 0. The van der Waals surface area contributed by atoms with Crippen LogP contribution in [0.1, 0.15) is 49.9 Å². The minimum Gasteiger partial charge on any atom is -0.296 e. The molecular weight excluding hydrogens is 305 g/mol. The zero-order valence-corrected chi connectivity index (χ0v) is 14.3. The lowest BCUT2D eigenvalue weighted by Crippen LogP contribution is -2.41. The Morgan fingerprint density at radius 2 is 1.76 bits per heavy atom. The van der Waals surface area contributed by atoms with E-state index < -0.39 is 0 Å². The summed E-state index contributed by atoms with van der Waals surface area (Å²) in [5.74, 6) is 0.120. The van der Waals surface area contributed by atoms with E-state index >= 15 is 0 Å². The lowest BCUT2D eigenvalue weighted by molar-refractivity contribution is 0.0756. The van der Waals surface area contributed by atoms with Gasteiger partial charge in [0.25, 0.3) is 0 Å². The van der Waals surface area contributed by atoms with Crippen molar-refractivity contribution in [2.75, 3.05) is 19.6 Å². The van der Waals surface area contributed by atoms with Crippen LogP contribution in [0.15, 0.2) is 18.2 Å². The average molecular weight is 328 g/mol. The van der Waals surface area contributed by atoms with Gasteiger partial charge in [-0.2, -0.15) is 0 Å². The first-order chi connectivity index (χ1) is 9.99. The van der Waals surface area contributed by atoms with Gasteiger partial charge in [-0.1, -0.05) is 49.9 Å². The van der Waals surface area contributed by atoms with Crippen LogP contribution < -0.4 is 0 Å². The first kappa shape index (κ1) is 16.8. The largest absolute Gasteiger partial charge is 0.296 e. The number of nitrogens with zero attached hydrogens (tertiary/aromatic N) is 1. The normalized spacial score (nSPS) is 18.7. The Balaban J connectivity index is 1.94. The zero-order valence-electron chi connectivity index (χ0n) is 12.8. The summed E-state index contributed by atoms with van der Waals surface area (Å²) in [5.41, 5.74) is 1.13. The summed E-state index contributed by atoms with van der Waals surface area (Å²) in [6.45, 7) is 7.05. The molecule has 1 aliphatic rings. The lowest BCUT2D eigenvalue weighted by Gasteiger charge is -2.40. The molecule has 2 nitrogen and oxygen atoms in total. The predicted octanol–water partition coefficient (Wildman–Crippen LogP) is 5.08. The van der Waals surface area contributed by atoms with Crippen LogP contribution in [0.5, 0.6) is 0 Å². The van der Waals surface area contributed by atoms with Gasteiger partial charge >= 0.3 is 0 Å². The molecule has 2 rings (SSSR count). The molecule has 1 fully saturated rings. The summed E-state index contributed by atoms with van der Waals surface area (Å²) >= 11 is 11.9. The molecule has 1 saturated heterocycles. The Hall–Kier alpha value is -0.570. The van der Waals surface area contributed by atoms with Crippen molar-refractivity contribution in [1.29, 1.82) is 0 Å². The molecule has 0 radical (unpaired) electrons. The number of carbonyl (C=O) groups is 1. The fourth-order valence-electron chi connectivity index (χ4n) is 3.11. The number of halogens is 2. The number of Topliss-reactive ketones (excluding diaryl/α,β-unsaturated/α-hetero) is 1. The third-order valence-corrected chi connectivity index (χ3v) is 5.76. The third-order valence-electron chi connectivity index (χ3n) is 5.03. The van der Waals surface area contributed by atoms with Crippen molar-refractivity contribution in [1.82, 2.24) is 4.90 Å². The van der Waals surface area contributed by atoms with Crippen LogP contribution in [0.3, 0.4) is 0 Å². The average Bonchev–Trinajstić information content (AvgIpc) is 2.51. The second-order valence-corrected chi connectivity index (χ2v) is 6.85. The van der Waals surface area contributed by atoms with Crippen molar-refractivity contribution in [2.45, 2.75) is 39.5 Å². The van der Waals surface area contributed by atoms with Crippen LogP contribution in [0.2, 0.25) is 10.0 Å². The first-order valence-electron chi connectivity index (χ1n) is 7.70. The van der Waals surface area contributed by atoms with Crippen molar-refractivity contribution < 1.29 is 4.79 Å². The maximum atomic E-state index is 12.3. The Kier molecular flexibility index (Phi) is 5.70. The van der Waals surface area contributed by atoms with Gasteiger partial charge in [-0.25, -0.2) is 0 Å². The number of likely N-dealkylation sites (tertiary alicyclic amines) is 1. The highest BCUT2D eigenvalue weighted by molar-refractivity contribution is 6.42. The van der Waals surface area contributed by atoms with E-state index in [2.05, 4.69) is 18.7 Å². The SMILES string of the molecule is CCC1(CC)CCN(CC(=O)c2ccc(Cl)c(Cl)c2)CC1. The van der Waals surface area contributed by atoms with E-state index in [0.717, 1.165) is 13.1 Å². The molecule has 0 atom stereocenters. The topological polar surface area (TPSA) is 20.3 Å². The number of rotatable bonds is 5. The van der Waals surface area contributed by atoms with Crippen LogP contribution >= 0.6 is 23.2 Å². The molecule has 0 aromatic heterocycles. The molecule has 0 N–H and O–H groups in total. The molecule has 0 unspecified atom stereocenters. The highest BCUT2D eigenvalue weighted by Crippen LogP contribution is 2.37. The number of carbonyl (C=O) groups excluding carboxylic acids is 1. The van der Waals surface area contributed by atoms with Gasteiger partial charge in [-0.3, -0.25) is 9.69 Å². The van der Waals surface area contributed by atoms with Crippen molar-refractivity contribution in [3.05, 3.63) is 33.8 Å². The monoisotopic (exact) mass is 327 g/mol. The van der Waals surface area contributed by atoms with E-state index in [1.54, 1.807) is 18.2 Å². The molecule has 1 heterocycles. The molecule has 116 valence electrons. The summed E-state index contributed by atoms with van der Waals surface area (Å²) in [6.07, 6.45) is 4.85. The second-order valence-electron chi connectivity index (χ2n) is 6.04. The molecule has 0 spiro atoms. The van der Waals surface area contributed by atoms with E-state index in [0.29, 0.717) is 27.6 Å². The van der Waals surface area contributed by atoms with Gasteiger partial charge in [0.1, 0.15) is 0 Å². The maximum absolute atomic E-state index is 12.3. The van der Waals surface area contributed by atoms with Gasteiger partial charge < -0.3 is 0 Å². The Morgan fingerprint density at radius 3 is 2.29 bits per heavy atom. The second kappa shape index (κ2) is 7.13.